The van der Waals surface area contributed by atoms with Crippen molar-refractivity contribution in [3.63, 3.8) is 0 Å². The number of benzene rings is 1. The van der Waals surface area contributed by atoms with Gasteiger partial charge in [-0.15, -0.1) is 12.4 Å². The highest BCUT2D eigenvalue weighted by Gasteiger charge is 2.05. The molecule has 0 aliphatic rings. The molecule has 0 amide bonds. The van der Waals surface area contributed by atoms with Gasteiger partial charge in [0.1, 0.15) is 0 Å². The minimum Gasteiger partial charge on any atom is -0.396 e. The molecular formula is C11H18ClNO. The molecule has 3 heteroatoms. The zero-order valence-electron chi connectivity index (χ0n) is 8.66. The predicted molar refractivity (Wildman–Crippen MR) is 61.8 cm³/mol. The fourth-order valence-electron chi connectivity index (χ4n) is 1.53. The lowest BCUT2D eigenvalue weighted by atomic mass is 10.0. The molecule has 0 aliphatic carbocycles. The molecule has 1 aromatic rings. The maximum Gasteiger partial charge on any atom is 0.0449 e. The molecule has 0 bridgehead atoms. The van der Waals surface area contributed by atoms with Crippen LogP contribution in [0, 0.1) is 13.8 Å². The van der Waals surface area contributed by atoms with Crippen LogP contribution in [-0.2, 0) is 0 Å². The highest BCUT2D eigenvalue weighted by molar-refractivity contribution is 5.85. The van der Waals surface area contributed by atoms with Crippen molar-refractivity contribution in [3.8, 4) is 0 Å². The average Bonchev–Trinajstić information content (AvgIpc) is 2.03. The Morgan fingerprint density at radius 2 is 1.71 bits per heavy atom. The third-order valence-corrected chi connectivity index (χ3v) is 2.11. The van der Waals surface area contributed by atoms with Crippen LogP contribution in [0.2, 0.25) is 0 Å². The molecular weight excluding hydrogens is 198 g/mol. The van der Waals surface area contributed by atoms with Gasteiger partial charge in [-0.2, -0.15) is 0 Å². The van der Waals surface area contributed by atoms with Gasteiger partial charge >= 0.3 is 0 Å². The second kappa shape index (κ2) is 6.02. The molecule has 1 aromatic carbocycles. The minimum absolute atomic E-state index is 0. The fourth-order valence-corrected chi connectivity index (χ4v) is 1.53. The van der Waals surface area contributed by atoms with Crippen LogP contribution in [-0.4, -0.2) is 11.7 Å². The second-order valence-electron chi connectivity index (χ2n) is 3.54. The molecule has 0 aromatic heterocycles. The number of hydrogen-bond acceptors (Lipinski definition) is 2. The van der Waals surface area contributed by atoms with Gasteiger partial charge in [0.05, 0.1) is 0 Å². The van der Waals surface area contributed by atoms with Crippen LogP contribution in [0.3, 0.4) is 0 Å². The van der Waals surface area contributed by atoms with E-state index in [0.29, 0.717) is 6.42 Å². The first-order valence-corrected chi connectivity index (χ1v) is 4.58. The summed E-state index contributed by atoms with van der Waals surface area (Å²) in [4.78, 5) is 0. The first kappa shape index (κ1) is 13.4. The maximum atomic E-state index is 8.76. The van der Waals surface area contributed by atoms with Gasteiger partial charge in [-0.1, -0.05) is 29.3 Å². The Morgan fingerprint density at radius 1 is 1.21 bits per heavy atom. The van der Waals surface area contributed by atoms with Crippen LogP contribution < -0.4 is 5.73 Å². The van der Waals surface area contributed by atoms with Gasteiger partial charge in [0.2, 0.25) is 0 Å². The van der Waals surface area contributed by atoms with Crippen LogP contribution in [0.25, 0.3) is 0 Å². The van der Waals surface area contributed by atoms with Gasteiger partial charge in [-0.25, -0.2) is 0 Å². The van der Waals surface area contributed by atoms with E-state index in [-0.39, 0.29) is 25.1 Å². The lowest BCUT2D eigenvalue weighted by Crippen LogP contribution is -2.12. The maximum absolute atomic E-state index is 8.76. The largest absolute Gasteiger partial charge is 0.396 e. The smallest absolute Gasteiger partial charge is 0.0449 e. The number of hydrogen-bond donors (Lipinski definition) is 2. The summed E-state index contributed by atoms with van der Waals surface area (Å²) in [5.74, 6) is 0. The Morgan fingerprint density at radius 3 is 2.14 bits per heavy atom. The molecule has 14 heavy (non-hydrogen) atoms. The number of rotatable bonds is 3. The summed E-state index contributed by atoms with van der Waals surface area (Å²) in [6.07, 6.45) is 0.628. The van der Waals surface area contributed by atoms with Gasteiger partial charge in [0.25, 0.3) is 0 Å². The summed E-state index contributed by atoms with van der Waals surface area (Å²) < 4.78 is 0. The SMILES string of the molecule is Cc1cc(C)cc([C@@H](N)CCO)c1.Cl. The molecule has 0 saturated heterocycles. The van der Waals surface area contributed by atoms with Gasteiger partial charge in [0, 0.05) is 12.6 Å². The van der Waals surface area contributed by atoms with E-state index in [1.807, 2.05) is 0 Å². The number of aliphatic hydroxyl groups is 1. The van der Waals surface area contributed by atoms with Crippen molar-refractivity contribution >= 4 is 12.4 Å². The van der Waals surface area contributed by atoms with Crippen LogP contribution in [0.4, 0.5) is 0 Å². The normalized spacial score (nSPS) is 12.0. The molecule has 0 radical (unpaired) electrons. The fraction of sp³-hybridized carbons (Fsp3) is 0.455. The lowest BCUT2D eigenvalue weighted by Gasteiger charge is -2.11. The Kier molecular flexibility index (Phi) is 5.77. The molecule has 0 fully saturated rings. The van der Waals surface area contributed by atoms with Crippen molar-refractivity contribution in [3.05, 3.63) is 34.9 Å². The van der Waals surface area contributed by atoms with Crippen molar-refractivity contribution in [2.45, 2.75) is 26.3 Å². The molecule has 1 atom stereocenters. The van der Waals surface area contributed by atoms with Gasteiger partial charge in [-0.3, -0.25) is 0 Å². The standard InChI is InChI=1S/C11H17NO.ClH/c1-8-5-9(2)7-10(6-8)11(12)3-4-13;/h5-7,11,13H,3-4,12H2,1-2H3;1H/t11-;/m0./s1. The third-order valence-electron chi connectivity index (χ3n) is 2.11. The average molecular weight is 216 g/mol. The molecule has 1 rings (SSSR count). The lowest BCUT2D eigenvalue weighted by molar-refractivity contribution is 0.276. The van der Waals surface area contributed by atoms with E-state index in [1.165, 1.54) is 11.1 Å². The zero-order valence-corrected chi connectivity index (χ0v) is 9.47. The van der Waals surface area contributed by atoms with E-state index in [0.717, 1.165) is 5.56 Å². The Labute approximate surface area is 91.5 Å². The van der Waals surface area contributed by atoms with E-state index in [1.54, 1.807) is 0 Å². The van der Waals surface area contributed by atoms with Crippen molar-refractivity contribution in [2.24, 2.45) is 5.73 Å². The summed E-state index contributed by atoms with van der Waals surface area (Å²) >= 11 is 0. The number of aliphatic hydroxyl groups excluding tert-OH is 1. The van der Waals surface area contributed by atoms with E-state index in [2.05, 4.69) is 32.0 Å². The van der Waals surface area contributed by atoms with Gasteiger partial charge < -0.3 is 10.8 Å². The number of nitrogens with two attached hydrogens (primary N) is 1. The van der Waals surface area contributed by atoms with Crippen molar-refractivity contribution < 1.29 is 5.11 Å². The van der Waals surface area contributed by atoms with E-state index in [4.69, 9.17) is 10.8 Å². The summed E-state index contributed by atoms with van der Waals surface area (Å²) in [7, 11) is 0. The molecule has 2 nitrogen and oxygen atoms in total. The zero-order chi connectivity index (χ0) is 9.84. The second-order valence-corrected chi connectivity index (χ2v) is 3.54. The first-order valence-electron chi connectivity index (χ1n) is 4.58. The topological polar surface area (TPSA) is 46.2 Å². The van der Waals surface area contributed by atoms with E-state index in [9.17, 15) is 0 Å². The summed E-state index contributed by atoms with van der Waals surface area (Å²) in [6, 6.07) is 6.24. The molecule has 0 unspecified atom stereocenters. The van der Waals surface area contributed by atoms with Crippen molar-refractivity contribution in [1.82, 2.24) is 0 Å². The van der Waals surface area contributed by atoms with Crippen molar-refractivity contribution in [2.75, 3.05) is 6.61 Å². The van der Waals surface area contributed by atoms with Crippen LogP contribution in [0.1, 0.15) is 29.2 Å². The third kappa shape index (κ3) is 3.66. The summed E-state index contributed by atoms with van der Waals surface area (Å²) in [5, 5.41) is 8.76. The molecule has 80 valence electrons. The van der Waals surface area contributed by atoms with E-state index < -0.39 is 0 Å². The monoisotopic (exact) mass is 215 g/mol. The first-order chi connectivity index (χ1) is 6.13. The van der Waals surface area contributed by atoms with Gasteiger partial charge in [0.15, 0.2) is 0 Å². The molecule has 0 spiro atoms. The van der Waals surface area contributed by atoms with Crippen LogP contribution in [0.15, 0.2) is 18.2 Å². The van der Waals surface area contributed by atoms with Crippen LogP contribution in [0.5, 0.6) is 0 Å². The predicted octanol–water partition coefficient (Wildman–Crippen LogP) is 2.11. The Balaban J connectivity index is 0.00000169. The molecule has 0 heterocycles. The number of aryl methyl sites for hydroxylation is 2. The quantitative estimate of drug-likeness (QED) is 0.812. The Bertz CT molecular complexity index is 268. The highest BCUT2D eigenvalue weighted by atomic mass is 35.5. The summed E-state index contributed by atoms with van der Waals surface area (Å²) in [5.41, 5.74) is 9.45. The summed E-state index contributed by atoms with van der Waals surface area (Å²) in [6.45, 7) is 4.26. The molecule has 3 N–H and O–H groups in total. The van der Waals surface area contributed by atoms with Crippen LogP contribution >= 0.6 is 12.4 Å². The van der Waals surface area contributed by atoms with Crippen molar-refractivity contribution in [1.29, 1.82) is 0 Å². The van der Waals surface area contributed by atoms with E-state index >= 15 is 0 Å². The molecule has 0 saturated carbocycles. The highest BCUT2D eigenvalue weighted by Crippen LogP contribution is 2.17. The minimum atomic E-state index is -0.0383. The molecule has 0 aliphatic heterocycles. The number of halogens is 1. The van der Waals surface area contributed by atoms with Gasteiger partial charge in [-0.05, 0) is 25.8 Å². The Hall–Kier alpha value is -0.570.